The first-order chi connectivity index (χ1) is 15.7. The lowest BCUT2D eigenvalue weighted by Crippen LogP contribution is -2.21. The molecule has 2 heterocycles. The maximum Gasteiger partial charge on any atom is 0.257 e. The van der Waals surface area contributed by atoms with E-state index < -0.39 is 17.8 Å². The fourth-order valence-electron chi connectivity index (χ4n) is 4.06. The predicted octanol–water partition coefficient (Wildman–Crippen LogP) is 4.21. The number of aryl methyl sites for hydroxylation is 4. The van der Waals surface area contributed by atoms with Gasteiger partial charge in [0.25, 0.3) is 5.91 Å². The third-order valence-electron chi connectivity index (χ3n) is 5.69. The molecule has 170 valence electrons. The van der Waals surface area contributed by atoms with Crippen LogP contribution in [0.15, 0.2) is 42.6 Å². The first kappa shape index (κ1) is 22.4. The smallest absolute Gasteiger partial charge is 0.257 e. The molecule has 0 radical (unpaired) electrons. The summed E-state index contributed by atoms with van der Waals surface area (Å²) in [7, 11) is 1.90. The number of aliphatic hydroxyl groups is 1. The molecule has 0 aliphatic heterocycles. The van der Waals surface area contributed by atoms with Gasteiger partial charge >= 0.3 is 0 Å². The van der Waals surface area contributed by atoms with Crippen LogP contribution in [0.4, 0.5) is 15.9 Å². The summed E-state index contributed by atoms with van der Waals surface area (Å²) in [6.45, 7) is 5.60. The van der Waals surface area contributed by atoms with Gasteiger partial charge in [-0.25, -0.2) is 14.4 Å². The summed E-state index contributed by atoms with van der Waals surface area (Å²) in [6.07, 6.45) is 1.07. The Labute approximate surface area is 191 Å². The molecule has 4 aromatic rings. The second kappa shape index (κ2) is 8.63. The van der Waals surface area contributed by atoms with Crippen LogP contribution in [0.1, 0.15) is 35.5 Å². The number of halogens is 1. The zero-order chi connectivity index (χ0) is 23.9. The predicted molar refractivity (Wildman–Crippen MR) is 127 cm³/mol. The fourth-order valence-corrected chi connectivity index (χ4v) is 4.06. The zero-order valence-electron chi connectivity index (χ0n) is 19.0. The molecule has 0 saturated heterocycles. The largest absolute Gasteiger partial charge is 0.383 e. The Bertz CT molecular complexity index is 1380. The Hall–Kier alpha value is -3.78. The van der Waals surface area contributed by atoms with Crippen molar-refractivity contribution in [3.05, 3.63) is 70.9 Å². The van der Waals surface area contributed by atoms with Gasteiger partial charge in [-0.1, -0.05) is 19.1 Å². The average molecular weight is 448 g/mol. The molecule has 1 unspecified atom stereocenters. The molecular formula is C25H26FN5O2. The molecule has 0 bridgehead atoms. The van der Waals surface area contributed by atoms with Gasteiger partial charge in [0.05, 0.1) is 5.39 Å². The fraction of sp³-hybridized carbons (Fsp3) is 0.240. The van der Waals surface area contributed by atoms with Crippen LogP contribution < -0.4 is 11.1 Å². The highest BCUT2D eigenvalue weighted by Crippen LogP contribution is 2.35. The van der Waals surface area contributed by atoms with Crippen molar-refractivity contribution >= 4 is 28.4 Å². The van der Waals surface area contributed by atoms with Gasteiger partial charge in [-0.05, 0) is 66.8 Å². The van der Waals surface area contributed by atoms with E-state index in [1.165, 1.54) is 12.1 Å². The minimum Gasteiger partial charge on any atom is -0.383 e. The average Bonchev–Trinajstić information content (AvgIpc) is 3.09. The van der Waals surface area contributed by atoms with Gasteiger partial charge in [0.1, 0.15) is 23.1 Å². The molecule has 1 atom stereocenters. The number of nitrogens with two attached hydrogens (primary N) is 1. The summed E-state index contributed by atoms with van der Waals surface area (Å²) >= 11 is 0. The van der Waals surface area contributed by atoms with E-state index in [2.05, 4.69) is 15.3 Å². The van der Waals surface area contributed by atoms with Crippen LogP contribution in [-0.4, -0.2) is 25.5 Å². The van der Waals surface area contributed by atoms with Crippen LogP contribution in [-0.2, 0) is 18.3 Å². The summed E-state index contributed by atoms with van der Waals surface area (Å²) in [4.78, 5) is 21.4. The highest BCUT2D eigenvalue weighted by molar-refractivity contribution is 6.02. The summed E-state index contributed by atoms with van der Waals surface area (Å²) in [5.41, 5.74) is 11.1. The number of hydrogen-bond donors (Lipinski definition) is 3. The third-order valence-corrected chi connectivity index (χ3v) is 5.69. The van der Waals surface area contributed by atoms with E-state index in [-0.39, 0.29) is 5.56 Å². The van der Waals surface area contributed by atoms with Gasteiger partial charge in [-0.2, -0.15) is 0 Å². The van der Waals surface area contributed by atoms with Crippen LogP contribution in [0.25, 0.3) is 22.2 Å². The molecule has 33 heavy (non-hydrogen) atoms. The van der Waals surface area contributed by atoms with E-state index in [4.69, 9.17) is 5.73 Å². The van der Waals surface area contributed by atoms with Gasteiger partial charge in [-0.3, -0.25) is 4.79 Å². The van der Waals surface area contributed by atoms with Gasteiger partial charge in [0.2, 0.25) is 0 Å². The maximum atomic E-state index is 13.8. The number of carbonyl (C=O) groups excluding carboxylic acids is 1. The number of amides is 1. The van der Waals surface area contributed by atoms with Gasteiger partial charge in [0, 0.05) is 24.5 Å². The quantitative estimate of drug-likeness (QED) is 0.425. The highest BCUT2D eigenvalue weighted by Gasteiger charge is 2.20. The minimum absolute atomic E-state index is 0.221. The molecule has 0 aliphatic rings. The Morgan fingerprint density at radius 1 is 1.18 bits per heavy atom. The lowest BCUT2D eigenvalue weighted by Gasteiger charge is -2.14. The van der Waals surface area contributed by atoms with Crippen molar-refractivity contribution in [1.82, 2.24) is 14.5 Å². The van der Waals surface area contributed by atoms with Crippen LogP contribution in [0, 0.1) is 19.7 Å². The van der Waals surface area contributed by atoms with Crippen molar-refractivity contribution in [3.8, 4) is 11.1 Å². The summed E-state index contributed by atoms with van der Waals surface area (Å²) in [5, 5.41) is 13.9. The number of nitrogen functional groups attached to an aromatic ring is 1. The van der Waals surface area contributed by atoms with Crippen LogP contribution >= 0.6 is 0 Å². The number of fused-ring (bicyclic) bond motifs is 1. The van der Waals surface area contributed by atoms with E-state index in [1.54, 1.807) is 19.1 Å². The number of carbonyl (C=O) groups is 1. The summed E-state index contributed by atoms with van der Waals surface area (Å²) in [6, 6.07) is 9.64. The second-order valence-corrected chi connectivity index (χ2v) is 8.18. The maximum absolute atomic E-state index is 13.8. The molecule has 0 aliphatic carbocycles. The van der Waals surface area contributed by atoms with Gasteiger partial charge < -0.3 is 20.7 Å². The normalized spacial score (nSPS) is 12.2. The molecule has 0 spiro atoms. The molecule has 8 heteroatoms. The van der Waals surface area contributed by atoms with Crippen LogP contribution in [0.2, 0.25) is 0 Å². The van der Waals surface area contributed by atoms with Crippen molar-refractivity contribution in [3.63, 3.8) is 0 Å². The van der Waals surface area contributed by atoms with Crippen LogP contribution in [0.5, 0.6) is 0 Å². The molecule has 7 nitrogen and oxygen atoms in total. The minimum atomic E-state index is -1.48. The van der Waals surface area contributed by atoms with E-state index >= 15 is 0 Å². The molecule has 4 N–H and O–H groups in total. The van der Waals surface area contributed by atoms with Crippen molar-refractivity contribution in [1.29, 1.82) is 0 Å². The molecule has 2 aromatic heterocycles. The highest BCUT2D eigenvalue weighted by atomic mass is 19.1. The zero-order valence-corrected chi connectivity index (χ0v) is 19.0. The molecule has 0 fully saturated rings. The van der Waals surface area contributed by atoms with Crippen molar-refractivity contribution < 1.29 is 14.3 Å². The Kier molecular flexibility index (Phi) is 5.86. The molecular weight excluding hydrogens is 421 g/mol. The Morgan fingerprint density at radius 2 is 1.94 bits per heavy atom. The molecule has 1 amide bonds. The number of benzene rings is 2. The molecule has 2 aromatic carbocycles. The van der Waals surface area contributed by atoms with E-state index in [1.807, 2.05) is 43.8 Å². The lowest BCUT2D eigenvalue weighted by molar-refractivity contribution is -0.124. The number of aromatic nitrogens is 3. The summed E-state index contributed by atoms with van der Waals surface area (Å²) < 4.78 is 15.7. The third kappa shape index (κ3) is 4.29. The Morgan fingerprint density at radius 3 is 2.64 bits per heavy atom. The number of nitrogens with one attached hydrogen (secondary N) is 1. The first-order valence-electron chi connectivity index (χ1n) is 10.7. The number of hydrogen-bond acceptors (Lipinski definition) is 5. The van der Waals surface area contributed by atoms with Crippen molar-refractivity contribution in [2.75, 3.05) is 11.1 Å². The van der Waals surface area contributed by atoms with Gasteiger partial charge in [0.15, 0.2) is 6.10 Å². The second-order valence-electron chi connectivity index (χ2n) is 8.18. The van der Waals surface area contributed by atoms with E-state index in [0.29, 0.717) is 29.3 Å². The molecule has 4 rings (SSSR count). The molecule has 0 saturated carbocycles. The topological polar surface area (TPSA) is 106 Å². The lowest BCUT2D eigenvalue weighted by atomic mass is 10.00. The number of anilines is 2. The van der Waals surface area contributed by atoms with Crippen molar-refractivity contribution in [2.24, 2.45) is 7.05 Å². The monoisotopic (exact) mass is 447 g/mol. The number of aliphatic hydroxyl groups excluding tert-OH is 1. The van der Waals surface area contributed by atoms with E-state index in [9.17, 15) is 14.3 Å². The van der Waals surface area contributed by atoms with E-state index in [0.717, 1.165) is 27.7 Å². The SMILES string of the molecule is CCc1cc(F)cc(C(O)C(=O)Nc2ccc(-c3cn(C)c4nc(C)nc(N)c34)c(C)c2)c1. The first-order valence-corrected chi connectivity index (χ1v) is 10.7. The Balaban J connectivity index is 1.62. The van der Waals surface area contributed by atoms with Crippen LogP contribution in [0.3, 0.4) is 0 Å². The van der Waals surface area contributed by atoms with Gasteiger partial charge in [-0.15, -0.1) is 0 Å². The van der Waals surface area contributed by atoms with Crippen molar-refractivity contribution in [2.45, 2.75) is 33.3 Å². The standard InChI is InChI=1S/C25H26FN5O2/c1-5-15-9-16(11-17(26)10-15)22(32)25(33)30-18-6-7-19(13(2)8-18)20-12-31(4)24-21(20)23(27)28-14(3)29-24/h6-12,22,32H,5H2,1-4H3,(H,30,33)(H2,27,28,29). The number of nitrogens with zero attached hydrogens (tertiary/aromatic N) is 3. The number of rotatable bonds is 5. The summed E-state index contributed by atoms with van der Waals surface area (Å²) in [5.74, 6) is -0.0991.